The van der Waals surface area contributed by atoms with Gasteiger partial charge in [0.05, 0.1) is 10.5 Å². The van der Waals surface area contributed by atoms with Gasteiger partial charge in [0.2, 0.25) is 5.91 Å². The molecule has 2 heterocycles. The molecule has 0 spiro atoms. The van der Waals surface area contributed by atoms with Crippen LogP contribution in [0.1, 0.15) is 54.6 Å². The van der Waals surface area contributed by atoms with E-state index in [2.05, 4.69) is 37.3 Å². The van der Waals surface area contributed by atoms with Crippen LogP contribution in [0.5, 0.6) is 0 Å². The van der Waals surface area contributed by atoms with Gasteiger partial charge in [0.1, 0.15) is 29.0 Å². The quantitative estimate of drug-likeness (QED) is 0.596. The predicted octanol–water partition coefficient (Wildman–Crippen LogP) is 4.13. The number of nitrogens with zero attached hydrogens (tertiary/aromatic N) is 4. The summed E-state index contributed by atoms with van der Waals surface area (Å²) in [5, 5.41) is 28.3. The maximum absolute atomic E-state index is 12.6. The molecule has 0 unspecified atom stereocenters. The molecule has 29 heavy (non-hydrogen) atoms. The first-order valence-electron chi connectivity index (χ1n) is 9.55. The minimum Gasteiger partial charge on any atom is -0.315 e. The summed E-state index contributed by atoms with van der Waals surface area (Å²) < 4.78 is 1.33. The van der Waals surface area contributed by atoms with E-state index in [0.717, 1.165) is 24.8 Å². The van der Waals surface area contributed by atoms with Gasteiger partial charge in [-0.2, -0.15) is 10.4 Å². The van der Waals surface area contributed by atoms with Crippen molar-refractivity contribution in [1.82, 2.24) is 9.78 Å². The molecule has 154 valence electrons. The third kappa shape index (κ3) is 4.03. The van der Waals surface area contributed by atoms with E-state index in [4.69, 9.17) is 0 Å². The molecular weight excluding hydrogens is 390 g/mol. The van der Waals surface area contributed by atoms with Crippen molar-refractivity contribution in [2.24, 2.45) is 11.3 Å². The van der Waals surface area contributed by atoms with E-state index >= 15 is 0 Å². The van der Waals surface area contributed by atoms with Crippen molar-refractivity contribution in [2.45, 2.75) is 60.4 Å². The fourth-order valence-electron chi connectivity index (χ4n) is 3.94. The second kappa shape index (κ2) is 7.59. The molecule has 1 aliphatic carbocycles. The van der Waals surface area contributed by atoms with Gasteiger partial charge in [-0.25, -0.2) is 0 Å². The molecule has 0 saturated carbocycles. The third-order valence-electron chi connectivity index (χ3n) is 5.67. The molecule has 0 saturated heterocycles. The number of anilines is 1. The summed E-state index contributed by atoms with van der Waals surface area (Å²) in [7, 11) is 0. The smallest absolute Gasteiger partial charge is 0.312 e. The van der Waals surface area contributed by atoms with Gasteiger partial charge in [-0.3, -0.25) is 19.6 Å². The third-order valence-corrected chi connectivity index (χ3v) is 6.84. The zero-order valence-electron chi connectivity index (χ0n) is 17.3. The normalized spacial score (nSPS) is 16.2. The second-order valence-corrected chi connectivity index (χ2v) is 9.71. The number of amides is 1. The van der Waals surface area contributed by atoms with Crippen LogP contribution in [0.15, 0.2) is 0 Å². The van der Waals surface area contributed by atoms with Gasteiger partial charge in [0.15, 0.2) is 0 Å². The Balaban J connectivity index is 1.80. The molecule has 8 nitrogen and oxygen atoms in total. The van der Waals surface area contributed by atoms with Gasteiger partial charge >= 0.3 is 5.69 Å². The minimum absolute atomic E-state index is 0.0738. The van der Waals surface area contributed by atoms with Crippen molar-refractivity contribution in [3.05, 3.63) is 37.5 Å². The number of aryl methyl sites for hydroxylation is 1. The van der Waals surface area contributed by atoms with Crippen LogP contribution in [-0.4, -0.2) is 20.6 Å². The Morgan fingerprint density at radius 2 is 2.14 bits per heavy atom. The lowest BCUT2D eigenvalue weighted by Crippen LogP contribution is -2.26. The van der Waals surface area contributed by atoms with Crippen molar-refractivity contribution in [1.29, 1.82) is 5.26 Å². The molecule has 2 aromatic rings. The van der Waals surface area contributed by atoms with Crippen molar-refractivity contribution in [2.75, 3.05) is 5.32 Å². The number of hydrogen-bond acceptors (Lipinski definition) is 6. The fraction of sp³-hybridized carbons (Fsp3) is 0.550. The summed E-state index contributed by atoms with van der Waals surface area (Å²) in [5.41, 5.74) is 2.33. The van der Waals surface area contributed by atoms with Crippen LogP contribution in [0.25, 0.3) is 0 Å². The lowest BCUT2D eigenvalue weighted by Gasteiger charge is -2.33. The van der Waals surface area contributed by atoms with E-state index < -0.39 is 4.92 Å². The minimum atomic E-state index is -0.487. The van der Waals surface area contributed by atoms with Crippen LogP contribution in [0.4, 0.5) is 10.7 Å². The molecule has 1 atom stereocenters. The van der Waals surface area contributed by atoms with E-state index in [-0.39, 0.29) is 29.2 Å². The van der Waals surface area contributed by atoms with Crippen LogP contribution in [0.3, 0.4) is 0 Å². The summed E-state index contributed by atoms with van der Waals surface area (Å²) in [6.07, 6.45) is 2.79. The number of carbonyl (C=O) groups excluding carboxylic acids is 1. The van der Waals surface area contributed by atoms with E-state index in [0.29, 0.717) is 22.2 Å². The SMILES string of the molecule is Cc1nn(CC(=O)Nc2sc3c(c2C#N)CC[C@H](C(C)(C)C)C3)c(C)c1[N+](=O)[O-]. The summed E-state index contributed by atoms with van der Waals surface area (Å²) in [4.78, 5) is 24.4. The van der Waals surface area contributed by atoms with Crippen molar-refractivity contribution in [3.63, 3.8) is 0 Å². The molecule has 1 amide bonds. The monoisotopic (exact) mass is 415 g/mol. The number of nitro groups is 1. The topological polar surface area (TPSA) is 114 Å². The van der Waals surface area contributed by atoms with Gasteiger partial charge in [-0.05, 0) is 50.0 Å². The average molecular weight is 416 g/mol. The largest absolute Gasteiger partial charge is 0.315 e. The maximum Gasteiger partial charge on any atom is 0.312 e. The van der Waals surface area contributed by atoms with Gasteiger partial charge in [-0.1, -0.05) is 20.8 Å². The number of thiophene rings is 1. The molecule has 0 bridgehead atoms. The molecule has 0 aliphatic heterocycles. The van der Waals surface area contributed by atoms with Crippen molar-refractivity contribution < 1.29 is 9.72 Å². The number of nitrogens with one attached hydrogen (secondary N) is 1. The van der Waals surface area contributed by atoms with E-state index in [1.165, 1.54) is 20.9 Å². The van der Waals surface area contributed by atoms with E-state index in [1.807, 2.05) is 0 Å². The highest BCUT2D eigenvalue weighted by atomic mass is 32.1. The Morgan fingerprint density at radius 3 is 2.69 bits per heavy atom. The Bertz CT molecular complexity index is 1020. The zero-order valence-corrected chi connectivity index (χ0v) is 18.1. The second-order valence-electron chi connectivity index (χ2n) is 8.61. The molecular formula is C20H25N5O3S. The maximum atomic E-state index is 12.6. The van der Waals surface area contributed by atoms with Crippen LogP contribution >= 0.6 is 11.3 Å². The highest BCUT2D eigenvalue weighted by molar-refractivity contribution is 7.16. The Hall–Kier alpha value is -2.73. The van der Waals surface area contributed by atoms with Gasteiger partial charge < -0.3 is 5.32 Å². The van der Waals surface area contributed by atoms with Crippen LogP contribution in [0.2, 0.25) is 0 Å². The van der Waals surface area contributed by atoms with Crippen molar-refractivity contribution in [3.8, 4) is 6.07 Å². The van der Waals surface area contributed by atoms with E-state index in [1.54, 1.807) is 13.8 Å². The lowest BCUT2D eigenvalue weighted by molar-refractivity contribution is -0.386. The predicted molar refractivity (Wildman–Crippen MR) is 111 cm³/mol. The first-order chi connectivity index (χ1) is 13.5. The van der Waals surface area contributed by atoms with Crippen LogP contribution in [0, 0.1) is 46.6 Å². The van der Waals surface area contributed by atoms with Gasteiger partial charge in [0.25, 0.3) is 0 Å². The standard InChI is InChI=1S/C20H25N5O3S/c1-11-18(25(27)28)12(2)24(23-11)10-17(26)22-19-15(9-21)14-7-6-13(20(3,4)5)8-16(14)29-19/h13H,6-8,10H2,1-5H3,(H,22,26)/t13-/m0/s1. The zero-order chi connectivity index (χ0) is 21.5. The molecule has 0 radical (unpaired) electrons. The number of aromatic nitrogens is 2. The molecule has 9 heteroatoms. The Morgan fingerprint density at radius 1 is 1.45 bits per heavy atom. The highest BCUT2D eigenvalue weighted by Crippen LogP contribution is 2.44. The summed E-state index contributed by atoms with van der Waals surface area (Å²) >= 11 is 1.47. The fourth-order valence-corrected chi connectivity index (χ4v) is 5.23. The molecule has 3 rings (SSSR count). The molecule has 1 aliphatic rings. The number of rotatable bonds is 4. The van der Waals surface area contributed by atoms with Crippen LogP contribution < -0.4 is 5.32 Å². The Labute approximate surface area is 173 Å². The van der Waals surface area contributed by atoms with Gasteiger partial charge in [0, 0.05) is 4.88 Å². The number of carbonyl (C=O) groups is 1. The molecule has 2 aromatic heterocycles. The molecule has 0 fully saturated rings. The number of nitriles is 1. The average Bonchev–Trinajstić information content (AvgIpc) is 3.09. The molecule has 1 N–H and O–H groups in total. The van der Waals surface area contributed by atoms with E-state index in [9.17, 15) is 20.2 Å². The Kier molecular flexibility index (Phi) is 5.50. The number of hydrogen-bond donors (Lipinski definition) is 1. The summed E-state index contributed by atoms with van der Waals surface area (Å²) in [6.45, 7) is 9.68. The van der Waals surface area contributed by atoms with Crippen LogP contribution in [-0.2, 0) is 24.2 Å². The summed E-state index contributed by atoms with van der Waals surface area (Å²) in [6, 6.07) is 2.25. The first kappa shape index (κ1) is 21.0. The molecule has 0 aromatic carbocycles. The number of fused-ring (bicyclic) bond motifs is 1. The first-order valence-corrected chi connectivity index (χ1v) is 10.4. The van der Waals surface area contributed by atoms with Crippen molar-refractivity contribution >= 4 is 27.9 Å². The summed E-state index contributed by atoms with van der Waals surface area (Å²) in [5.74, 6) is 0.187. The lowest BCUT2D eigenvalue weighted by atomic mass is 9.72. The highest BCUT2D eigenvalue weighted by Gasteiger charge is 2.32. The van der Waals surface area contributed by atoms with Gasteiger partial charge in [-0.15, -0.1) is 11.3 Å².